The van der Waals surface area contributed by atoms with Gasteiger partial charge in [-0.3, -0.25) is 0 Å². The Kier molecular flexibility index (Phi) is 3.50. The quantitative estimate of drug-likeness (QED) is 0.838. The van der Waals surface area contributed by atoms with Gasteiger partial charge in [-0.25, -0.2) is 9.37 Å². The standard InChI is InChI=1S/C13H15ClFNO/c1-7(17)5-10-6-11(8(2)9-3-4-9)16-13(14)12(10)15/h6-7,9,17H,2-5H2,1H3. The van der Waals surface area contributed by atoms with Gasteiger partial charge in [-0.05, 0) is 42.9 Å². The van der Waals surface area contributed by atoms with Crippen LogP contribution in [-0.4, -0.2) is 16.2 Å². The number of aliphatic hydroxyl groups is 1. The van der Waals surface area contributed by atoms with Gasteiger partial charge in [-0.2, -0.15) is 0 Å². The van der Waals surface area contributed by atoms with Crippen LogP contribution in [0.1, 0.15) is 31.0 Å². The fourth-order valence-electron chi connectivity index (χ4n) is 1.82. The molecule has 0 aliphatic heterocycles. The molecule has 1 unspecified atom stereocenters. The summed E-state index contributed by atoms with van der Waals surface area (Å²) in [5.41, 5.74) is 1.96. The summed E-state index contributed by atoms with van der Waals surface area (Å²) in [6.07, 6.45) is 1.85. The predicted octanol–water partition coefficient (Wildman–Crippen LogP) is 3.22. The van der Waals surface area contributed by atoms with Crippen molar-refractivity contribution in [3.63, 3.8) is 0 Å². The second kappa shape index (κ2) is 4.75. The number of rotatable bonds is 4. The highest BCUT2D eigenvalue weighted by molar-refractivity contribution is 6.29. The minimum absolute atomic E-state index is 0.139. The molecule has 92 valence electrons. The summed E-state index contributed by atoms with van der Waals surface area (Å²) in [5.74, 6) is -0.0802. The minimum atomic E-state index is -0.606. The van der Waals surface area contributed by atoms with Crippen LogP contribution in [0.2, 0.25) is 5.15 Å². The summed E-state index contributed by atoms with van der Waals surface area (Å²) in [7, 11) is 0. The zero-order valence-corrected chi connectivity index (χ0v) is 10.5. The van der Waals surface area contributed by atoms with E-state index < -0.39 is 11.9 Å². The maximum atomic E-state index is 13.7. The summed E-state index contributed by atoms with van der Waals surface area (Å²) in [6.45, 7) is 5.59. The van der Waals surface area contributed by atoms with Crippen LogP contribution in [0.25, 0.3) is 5.57 Å². The Morgan fingerprint density at radius 3 is 2.88 bits per heavy atom. The summed E-state index contributed by atoms with van der Waals surface area (Å²) in [5, 5.41) is 9.18. The second-order valence-corrected chi connectivity index (χ2v) is 4.98. The summed E-state index contributed by atoms with van der Waals surface area (Å²) in [4.78, 5) is 4.01. The average Bonchev–Trinajstić information content (AvgIpc) is 3.06. The number of allylic oxidation sites excluding steroid dienone is 1. The zero-order chi connectivity index (χ0) is 12.6. The van der Waals surface area contributed by atoms with Crippen molar-refractivity contribution in [3.8, 4) is 0 Å². The van der Waals surface area contributed by atoms with Gasteiger partial charge in [-0.15, -0.1) is 0 Å². The first-order valence-electron chi connectivity index (χ1n) is 5.71. The van der Waals surface area contributed by atoms with E-state index in [4.69, 9.17) is 11.6 Å². The van der Waals surface area contributed by atoms with Gasteiger partial charge < -0.3 is 5.11 Å². The summed E-state index contributed by atoms with van der Waals surface area (Å²) in [6, 6.07) is 1.65. The second-order valence-electron chi connectivity index (χ2n) is 4.62. The monoisotopic (exact) mass is 255 g/mol. The number of aliphatic hydroxyl groups excluding tert-OH is 1. The molecule has 0 saturated heterocycles. The molecule has 1 aromatic heterocycles. The smallest absolute Gasteiger partial charge is 0.165 e. The van der Waals surface area contributed by atoms with Crippen LogP contribution in [0.3, 0.4) is 0 Å². The highest BCUT2D eigenvalue weighted by atomic mass is 35.5. The fourth-order valence-corrected chi connectivity index (χ4v) is 2.03. The number of hydrogen-bond donors (Lipinski definition) is 1. The molecule has 1 N–H and O–H groups in total. The first kappa shape index (κ1) is 12.5. The van der Waals surface area contributed by atoms with E-state index in [0.29, 0.717) is 17.2 Å². The predicted molar refractivity (Wildman–Crippen MR) is 66.3 cm³/mol. The SMILES string of the molecule is C=C(c1cc(CC(C)O)c(F)c(Cl)n1)C1CC1. The molecule has 0 spiro atoms. The summed E-state index contributed by atoms with van der Waals surface area (Å²) >= 11 is 5.76. The molecule has 1 saturated carbocycles. The zero-order valence-electron chi connectivity index (χ0n) is 9.71. The largest absolute Gasteiger partial charge is 0.393 e. The van der Waals surface area contributed by atoms with Gasteiger partial charge in [0.1, 0.15) is 0 Å². The van der Waals surface area contributed by atoms with Crippen molar-refractivity contribution in [2.75, 3.05) is 0 Å². The highest BCUT2D eigenvalue weighted by Gasteiger charge is 2.27. The van der Waals surface area contributed by atoms with E-state index in [2.05, 4.69) is 11.6 Å². The first-order valence-corrected chi connectivity index (χ1v) is 6.09. The third-order valence-corrected chi connectivity index (χ3v) is 3.16. The van der Waals surface area contributed by atoms with Gasteiger partial charge in [0.15, 0.2) is 11.0 Å². The van der Waals surface area contributed by atoms with Crippen LogP contribution in [0.15, 0.2) is 12.6 Å². The van der Waals surface area contributed by atoms with Crippen LogP contribution >= 0.6 is 11.6 Å². The van der Waals surface area contributed by atoms with Gasteiger partial charge >= 0.3 is 0 Å². The molecule has 17 heavy (non-hydrogen) atoms. The lowest BCUT2D eigenvalue weighted by atomic mass is 10.0. The molecular weight excluding hydrogens is 241 g/mol. The van der Waals surface area contributed by atoms with E-state index in [-0.39, 0.29) is 11.6 Å². The summed E-state index contributed by atoms with van der Waals surface area (Å²) < 4.78 is 13.7. The third-order valence-electron chi connectivity index (χ3n) is 2.91. The maximum absolute atomic E-state index is 13.7. The molecule has 2 rings (SSSR count). The van der Waals surface area contributed by atoms with Crippen molar-refractivity contribution in [1.82, 2.24) is 4.98 Å². The molecule has 0 aromatic carbocycles. The lowest BCUT2D eigenvalue weighted by Gasteiger charge is -2.10. The van der Waals surface area contributed by atoms with E-state index in [1.54, 1.807) is 13.0 Å². The number of aromatic nitrogens is 1. The van der Waals surface area contributed by atoms with E-state index in [0.717, 1.165) is 18.4 Å². The van der Waals surface area contributed by atoms with Gasteiger partial charge in [-0.1, -0.05) is 18.2 Å². The molecule has 1 aliphatic carbocycles. The van der Waals surface area contributed by atoms with Gasteiger partial charge in [0, 0.05) is 6.42 Å². The molecule has 1 heterocycles. The van der Waals surface area contributed by atoms with Gasteiger partial charge in [0.25, 0.3) is 0 Å². The average molecular weight is 256 g/mol. The lowest BCUT2D eigenvalue weighted by molar-refractivity contribution is 0.194. The van der Waals surface area contributed by atoms with E-state index >= 15 is 0 Å². The topological polar surface area (TPSA) is 33.1 Å². The molecular formula is C13H15ClFNO. The number of hydrogen-bond acceptors (Lipinski definition) is 2. The molecule has 1 fully saturated rings. The lowest BCUT2D eigenvalue weighted by Crippen LogP contribution is -2.08. The molecule has 4 heteroatoms. The number of pyridine rings is 1. The van der Waals surface area contributed by atoms with Crippen LogP contribution in [0.4, 0.5) is 4.39 Å². The molecule has 2 nitrogen and oxygen atoms in total. The Balaban J connectivity index is 2.34. The van der Waals surface area contributed by atoms with Crippen molar-refractivity contribution in [2.24, 2.45) is 5.92 Å². The van der Waals surface area contributed by atoms with Crippen LogP contribution < -0.4 is 0 Å². The van der Waals surface area contributed by atoms with E-state index in [9.17, 15) is 9.50 Å². The van der Waals surface area contributed by atoms with Crippen LogP contribution in [0, 0.1) is 11.7 Å². The molecule has 0 amide bonds. The fraction of sp³-hybridized carbons (Fsp3) is 0.462. The normalized spacial score (nSPS) is 16.9. The minimum Gasteiger partial charge on any atom is -0.393 e. The Morgan fingerprint density at radius 1 is 1.71 bits per heavy atom. The van der Waals surface area contributed by atoms with Gasteiger partial charge in [0.05, 0.1) is 11.8 Å². The number of nitrogens with zero attached hydrogens (tertiary/aromatic N) is 1. The third kappa shape index (κ3) is 2.85. The number of halogens is 2. The molecule has 1 aliphatic rings. The first-order chi connectivity index (χ1) is 7.99. The maximum Gasteiger partial charge on any atom is 0.165 e. The Labute approximate surface area is 105 Å². The van der Waals surface area contributed by atoms with Crippen LogP contribution in [0.5, 0.6) is 0 Å². The van der Waals surface area contributed by atoms with Crippen molar-refractivity contribution in [2.45, 2.75) is 32.3 Å². The van der Waals surface area contributed by atoms with E-state index in [1.165, 1.54) is 0 Å². The Bertz CT molecular complexity index is 455. The molecule has 1 aromatic rings. The molecule has 0 bridgehead atoms. The van der Waals surface area contributed by atoms with Crippen LogP contribution in [-0.2, 0) is 6.42 Å². The van der Waals surface area contributed by atoms with Crippen molar-refractivity contribution >= 4 is 17.2 Å². The highest BCUT2D eigenvalue weighted by Crippen LogP contribution is 2.40. The molecule has 1 atom stereocenters. The van der Waals surface area contributed by atoms with Crippen molar-refractivity contribution < 1.29 is 9.50 Å². The van der Waals surface area contributed by atoms with Crippen molar-refractivity contribution in [1.29, 1.82) is 0 Å². The van der Waals surface area contributed by atoms with Gasteiger partial charge in [0.2, 0.25) is 0 Å². The Hall–Kier alpha value is -0.930. The Morgan fingerprint density at radius 2 is 2.35 bits per heavy atom. The van der Waals surface area contributed by atoms with Crippen molar-refractivity contribution in [3.05, 3.63) is 34.9 Å². The molecule has 0 radical (unpaired) electrons. The van der Waals surface area contributed by atoms with E-state index in [1.807, 2.05) is 0 Å².